The highest BCUT2D eigenvalue weighted by Crippen LogP contribution is 2.14. The molecule has 1 amide bonds. The molecule has 0 bridgehead atoms. The summed E-state index contributed by atoms with van der Waals surface area (Å²) in [6, 6.07) is 14.9. The summed E-state index contributed by atoms with van der Waals surface area (Å²) in [6.07, 6.45) is 1.02. The van der Waals surface area contributed by atoms with Gasteiger partial charge in [0.05, 0.1) is 18.2 Å². The van der Waals surface area contributed by atoms with Crippen LogP contribution in [-0.4, -0.2) is 16.6 Å². The van der Waals surface area contributed by atoms with Crippen LogP contribution in [0.4, 0.5) is 5.69 Å². The van der Waals surface area contributed by atoms with Crippen LogP contribution in [0.15, 0.2) is 57.7 Å². The van der Waals surface area contributed by atoms with Gasteiger partial charge < -0.3 is 14.5 Å². The third-order valence-corrected chi connectivity index (χ3v) is 4.15. The van der Waals surface area contributed by atoms with Gasteiger partial charge in [0.15, 0.2) is 5.58 Å². The van der Waals surface area contributed by atoms with E-state index in [1.54, 1.807) is 10.6 Å². The molecule has 3 rings (SSSR count). The van der Waals surface area contributed by atoms with Crippen LogP contribution in [0, 0.1) is 0 Å². The lowest BCUT2D eigenvalue weighted by molar-refractivity contribution is -0.116. The molecule has 6 heteroatoms. The van der Waals surface area contributed by atoms with E-state index in [1.807, 2.05) is 56.3 Å². The van der Waals surface area contributed by atoms with Gasteiger partial charge in [0.1, 0.15) is 0 Å². The number of anilines is 1. The Labute approximate surface area is 157 Å². The zero-order valence-corrected chi connectivity index (χ0v) is 15.6. The van der Waals surface area contributed by atoms with Crippen LogP contribution in [-0.2, 0) is 22.7 Å². The molecule has 1 aromatic heterocycles. The predicted molar refractivity (Wildman–Crippen MR) is 105 cm³/mol. The second kappa shape index (κ2) is 8.68. The van der Waals surface area contributed by atoms with Crippen molar-refractivity contribution in [3.8, 4) is 0 Å². The molecule has 0 radical (unpaired) electrons. The van der Waals surface area contributed by atoms with E-state index in [4.69, 9.17) is 9.15 Å². The second-order valence-corrected chi connectivity index (χ2v) is 6.70. The number of hydrogen-bond acceptors (Lipinski definition) is 4. The second-order valence-electron chi connectivity index (χ2n) is 6.70. The van der Waals surface area contributed by atoms with Crippen LogP contribution in [0.3, 0.4) is 0 Å². The van der Waals surface area contributed by atoms with Gasteiger partial charge in [-0.15, -0.1) is 0 Å². The Morgan fingerprint density at radius 1 is 1.19 bits per heavy atom. The number of ether oxygens (including phenoxy) is 1. The molecular formula is C21H24N2O4. The van der Waals surface area contributed by atoms with Gasteiger partial charge in [0, 0.05) is 18.7 Å². The van der Waals surface area contributed by atoms with E-state index < -0.39 is 5.76 Å². The average molecular weight is 368 g/mol. The number of rotatable bonds is 8. The minimum Gasteiger partial charge on any atom is -0.408 e. The molecule has 0 atom stereocenters. The first-order valence-electron chi connectivity index (χ1n) is 9.11. The van der Waals surface area contributed by atoms with Crippen molar-refractivity contribution in [1.29, 1.82) is 0 Å². The van der Waals surface area contributed by atoms with Crippen LogP contribution >= 0.6 is 0 Å². The molecule has 0 unspecified atom stereocenters. The SMILES string of the molecule is CC(C)OCc1cccc(NC(=O)CCCn2c(=O)oc3ccccc32)c1. The van der Waals surface area contributed by atoms with E-state index in [1.165, 1.54) is 0 Å². The largest absolute Gasteiger partial charge is 0.419 e. The minimum absolute atomic E-state index is 0.0854. The number of fused-ring (bicyclic) bond motifs is 1. The third kappa shape index (κ3) is 5.08. The van der Waals surface area contributed by atoms with Crippen molar-refractivity contribution in [2.45, 2.75) is 45.9 Å². The highest BCUT2D eigenvalue weighted by molar-refractivity contribution is 5.90. The van der Waals surface area contributed by atoms with Crippen molar-refractivity contribution in [2.75, 3.05) is 5.32 Å². The third-order valence-electron chi connectivity index (χ3n) is 4.15. The van der Waals surface area contributed by atoms with Crippen LogP contribution in [0.2, 0.25) is 0 Å². The molecule has 2 aromatic carbocycles. The molecule has 0 aliphatic carbocycles. The number of oxazole rings is 1. The van der Waals surface area contributed by atoms with Crippen LogP contribution in [0.1, 0.15) is 32.3 Å². The number of benzene rings is 2. The number of carbonyl (C=O) groups is 1. The summed E-state index contributed by atoms with van der Waals surface area (Å²) >= 11 is 0. The topological polar surface area (TPSA) is 73.5 Å². The van der Waals surface area contributed by atoms with Gasteiger partial charge in [0.25, 0.3) is 0 Å². The Morgan fingerprint density at radius 3 is 2.81 bits per heavy atom. The van der Waals surface area contributed by atoms with E-state index >= 15 is 0 Å². The van der Waals surface area contributed by atoms with E-state index in [0.29, 0.717) is 31.6 Å². The molecule has 3 aromatic rings. The fraction of sp³-hybridized carbons (Fsp3) is 0.333. The zero-order valence-electron chi connectivity index (χ0n) is 15.6. The maximum absolute atomic E-state index is 12.2. The molecule has 0 saturated carbocycles. The molecule has 0 saturated heterocycles. The fourth-order valence-corrected chi connectivity index (χ4v) is 2.85. The van der Waals surface area contributed by atoms with Crippen molar-refractivity contribution in [3.63, 3.8) is 0 Å². The smallest absolute Gasteiger partial charge is 0.408 e. The Hall–Kier alpha value is -2.86. The number of aryl methyl sites for hydroxylation is 1. The Kier molecular flexibility index (Phi) is 6.08. The first kappa shape index (κ1) is 18.9. The van der Waals surface area contributed by atoms with Crippen LogP contribution in [0.25, 0.3) is 11.1 Å². The van der Waals surface area contributed by atoms with Crippen LogP contribution in [0.5, 0.6) is 0 Å². The summed E-state index contributed by atoms with van der Waals surface area (Å²) in [5, 5.41) is 2.90. The van der Waals surface area contributed by atoms with Gasteiger partial charge in [-0.05, 0) is 50.1 Å². The molecule has 1 N–H and O–H groups in total. The number of para-hydroxylation sites is 2. The molecule has 0 fully saturated rings. The Balaban J connectivity index is 1.53. The van der Waals surface area contributed by atoms with Crippen molar-refractivity contribution in [3.05, 3.63) is 64.6 Å². The summed E-state index contributed by atoms with van der Waals surface area (Å²) in [5.74, 6) is -0.479. The molecule has 1 heterocycles. The number of amides is 1. The maximum atomic E-state index is 12.2. The highest BCUT2D eigenvalue weighted by atomic mass is 16.5. The quantitative estimate of drug-likeness (QED) is 0.654. The lowest BCUT2D eigenvalue weighted by Gasteiger charge is -2.10. The first-order chi connectivity index (χ1) is 13.0. The number of hydrogen-bond donors (Lipinski definition) is 1. The predicted octanol–water partition coefficient (Wildman–Crippen LogP) is 3.94. The highest BCUT2D eigenvalue weighted by Gasteiger charge is 2.09. The number of aromatic nitrogens is 1. The van der Waals surface area contributed by atoms with E-state index in [2.05, 4.69) is 5.32 Å². The number of carbonyl (C=O) groups excluding carboxylic acids is 1. The lowest BCUT2D eigenvalue weighted by atomic mass is 10.2. The normalized spacial score (nSPS) is 11.2. The Morgan fingerprint density at radius 2 is 2.00 bits per heavy atom. The summed E-state index contributed by atoms with van der Waals surface area (Å²) in [6.45, 7) is 4.92. The average Bonchev–Trinajstić information content (AvgIpc) is 2.96. The van der Waals surface area contributed by atoms with Gasteiger partial charge in [-0.2, -0.15) is 0 Å². The van der Waals surface area contributed by atoms with Crippen molar-refractivity contribution >= 4 is 22.7 Å². The molecule has 6 nitrogen and oxygen atoms in total. The summed E-state index contributed by atoms with van der Waals surface area (Å²) < 4.78 is 12.3. The van der Waals surface area contributed by atoms with Gasteiger partial charge in [-0.25, -0.2) is 4.79 Å². The summed E-state index contributed by atoms with van der Waals surface area (Å²) in [4.78, 5) is 24.1. The Bertz CT molecular complexity index is 971. The van der Waals surface area contributed by atoms with E-state index in [-0.39, 0.29) is 12.0 Å². The summed E-state index contributed by atoms with van der Waals surface area (Å²) in [7, 11) is 0. The van der Waals surface area contributed by atoms with Gasteiger partial charge in [-0.1, -0.05) is 24.3 Å². The zero-order chi connectivity index (χ0) is 19.2. The number of nitrogens with zero attached hydrogens (tertiary/aromatic N) is 1. The van der Waals surface area contributed by atoms with E-state index in [0.717, 1.165) is 16.8 Å². The first-order valence-corrected chi connectivity index (χ1v) is 9.11. The lowest BCUT2D eigenvalue weighted by Crippen LogP contribution is -2.17. The fourth-order valence-electron chi connectivity index (χ4n) is 2.85. The maximum Gasteiger partial charge on any atom is 0.419 e. The molecular weight excluding hydrogens is 344 g/mol. The molecule has 0 spiro atoms. The molecule has 0 aliphatic heterocycles. The van der Waals surface area contributed by atoms with Crippen molar-refractivity contribution in [2.24, 2.45) is 0 Å². The standard InChI is InChI=1S/C21H24N2O4/c1-15(2)26-14-16-7-5-8-17(13-16)22-20(24)11-6-12-23-18-9-3-4-10-19(18)27-21(23)25/h3-5,7-10,13,15H,6,11-12,14H2,1-2H3,(H,22,24). The summed E-state index contributed by atoms with van der Waals surface area (Å²) in [5.41, 5.74) is 3.07. The van der Waals surface area contributed by atoms with Gasteiger partial charge in [0.2, 0.25) is 5.91 Å². The molecule has 0 aliphatic rings. The van der Waals surface area contributed by atoms with E-state index in [9.17, 15) is 9.59 Å². The minimum atomic E-state index is -0.394. The van der Waals surface area contributed by atoms with Crippen molar-refractivity contribution < 1.29 is 13.9 Å². The van der Waals surface area contributed by atoms with Gasteiger partial charge in [-0.3, -0.25) is 9.36 Å². The monoisotopic (exact) mass is 368 g/mol. The molecule has 27 heavy (non-hydrogen) atoms. The van der Waals surface area contributed by atoms with Gasteiger partial charge >= 0.3 is 5.76 Å². The van der Waals surface area contributed by atoms with Crippen LogP contribution < -0.4 is 11.1 Å². The molecule has 142 valence electrons. The van der Waals surface area contributed by atoms with Crippen molar-refractivity contribution in [1.82, 2.24) is 4.57 Å². The number of nitrogens with one attached hydrogen (secondary N) is 1.